The summed E-state index contributed by atoms with van der Waals surface area (Å²) in [5, 5.41) is 0. The summed E-state index contributed by atoms with van der Waals surface area (Å²) < 4.78 is 0. The lowest BCUT2D eigenvalue weighted by Crippen LogP contribution is -2.41. The van der Waals surface area contributed by atoms with E-state index in [-0.39, 0.29) is 0 Å². The van der Waals surface area contributed by atoms with Gasteiger partial charge >= 0.3 is 0 Å². The molecule has 0 radical (unpaired) electrons. The molecule has 0 aliphatic heterocycles. The van der Waals surface area contributed by atoms with Gasteiger partial charge in [0.2, 0.25) is 6.71 Å². The highest BCUT2D eigenvalue weighted by atomic mass is 13.9. The summed E-state index contributed by atoms with van der Waals surface area (Å²) in [7, 11) is 0. The van der Waals surface area contributed by atoms with Crippen molar-refractivity contribution in [3.8, 4) is 0 Å². The third-order valence-corrected chi connectivity index (χ3v) is 2.81. The molecule has 0 bridgehead atoms. The van der Waals surface area contributed by atoms with E-state index in [1.165, 1.54) is 10.9 Å². The molecule has 2 rings (SSSR count). The maximum absolute atomic E-state index is 3.85. The molecule has 0 amide bonds. The first-order valence-electron chi connectivity index (χ1n) is 5.62. The molecule has 78 valence electrons. The minimum atomic E-state index is 0.430. The maximum Gasteiger partial charge on any atom is 0.213 e. The fraction of sp³-hybridized carbons (Fsp3) is 0.0667. The molecule has 0 aliphatic carbocycles. The van der Waals surface area contributed by atoms with Crippen molar-refractivity contribution in [1.82, 2.24) is 0 Å². The van der Waals surface area contributed by atoms with Crippen molar-refractivity contribution in [2.45, 2.75) is 6.32 Å². The fourth-order valence-corrected chi connectivity index (χ4v) is 2.00. The molecule has 0 saturated heterocycles. The van der Waals surface area contributed by atoms with Crippen LogP contribution in [-0.4, -0.2) is 6.71 Å². The van der Waals surface area contributed by atoms with Crippen molar-refractivity contribution in [2.24, 2.45) is 0 Å². The van der Waals surface area contributed by atoms with Crippen molar-refractivity contribution in [1.29, 1.82) is 0 Å². The predicted molar refractivity (Wildman–Crippen MR) is 72.9 cm³/mol. The normalized spacial score (nSPS) is 9.75. The second-order valence-electron chi connectivity index (χ2n) is 3.90. The number of benzene rings is 2. The zero-order chi connectivity index (χ0) is 11.2. The SMILES string of the molecule is C=CCB(c1ccccc1)c1ccccc1. The van der Waals surface area contributed by atoms with Crippen LogP contribution in [0.15, 0.2) is 73.3 Å². The van der Waals surface area contributed by atoms with Crippen molar-refractivity contribution >= 4 is 17.6 Å². The van der Waals surface area contributed by atoms with Crippen molar-refractivity contribution < 1.29 is 0 Å². The molecule has 16 heavy (non-hydrogen) atoms. The summed E-state index contributed by atoms with van der Waals surface area (Å²) in [5.74, 6) is 0. The van der Waals surface area contributed by atoms with E-state index in [9.17, 15) is 0 Å². The van der Waals surface area contributed by atoms with E-state index in [0.717, 1.165) is 6.32 Å². The lowest BCUT2D eigenvalue weighted by atomic mass is 9.39. The van der Waals surface area contributed by atoms with Crippen LogP contribution in [0.2, 0.25) is 6.32 Å². The molecule has 0 heterocycles. The molecule has 0 N–H and O–H groups in total. The summed E-state index contributed by atoms with van der Waals surface area (Å²) in [5.41, 5.74) is 2.71. The van der Waals surface area contributed by atoms with Crippen LogP contribution in [0.3, 0.4) is 0 Å². The van der Waals surface area contributed by atoms with E-state index in [2.05, 4.69) is 67.2 Å². The Kier molecular flexibility index (Phi) is 3.60. The minimum Gasteiger partial charge on any atom is -0.104 e. The van der Waals surface area contributed by atoms with E-state index in [0.29, 0.717) is 6.71 Å². The molecule has 0 aromatic heterocycles. The lowest BCUT2D eigenvalue weighted by Gasteiger charge is -2.12. The number of hydrogen-bond acceptors (Lipinski definition) is 0. The highest BCUT2D eigenvalue weighted by Crippen LogP contribution is 1.98. The molecule has 0 fully saturated rings. The van der Waals surface area contributed by atoms with Crippen LogP contribution in [0.25, 0.3) is 0 Å². The Morgan fingerprint density at radius 1 is 0.812 bits per heavy atom. The first kappa shape index (κ1) is 10.8. The van der Waals surface area contributed by atoms with Crippen LogP contribution in [0.4, 0.5) is 0 Å². The maximum atomic E-state index is 3.85. The summed E-state index contributed by atoms with van der Waals surface area (Å²) >= 11 is 0. The van der Waals surface area contributed by atoms with Gasteiger partial charge in [0.05, 0.1) is 0 Å². The first-order valence-corrected chi connectivity index (χ1v) is 5.62. The highest BCUT2D eigenvalue weighted by Gasteiger charge is 2.16. The largest absolute Gasteiger partial charge is 0.213 e. The predicted octanol–water partition coefficient (Wildman–Crippen LogP) is 2.48. The summed E-state index contributed by atoms with van der Waals surface area (Å²) in [6.45, 7) is 4.28. The van der Waals surface area contributed by atoms with Crippen LogP contribution < -0.4 is 10.9 Å². The highest BCUT2D eigenvalue weighted by molar-refractivity contribution is 6.85. The molecule has 0 aliphatic rings. The third-order valence-electron chi connectivity index (χ3n) is 2.81. The van der Waals surface area contributed by atoms with Gasteiger partial charge in [-0.3, -0.25) is 0 Å². The molecule has 0 unspecified atom stereocenters. The Morgan fingerprint density at radius 3 is 1.62 bits per heavy atom. The Hall–Kier alpha value is -1.76. The molecule has 2 aromatic rings. The zero-order valence-corrected chi connectivity index (χ0v) is 9.34. The van der Waals surface area contributed by atoms with E-state index in [4.69, 9.17) is 0 Å². The van der Waals surface area contributed by atoms with Crippen LogP contribution in [0.1, 0.15) is 0 Å². The summed E-state index contributed by atoms with van der Waals surface area (Å²) in [6, 6.07) is 21.2. The molecule has 2 aromatic carbocycles. The van der Waals surface area contributed by atoms with Crippen LogP contribution in [-0.2, 0) is 0 Å². The van der Waals surface area contributed by atoms with Gasteiger partial charge in [-0.15, -0.1) is 6.58 Å². The van der Waals surface area contributed by atoms with Gasteiger partial charge in [0.15, 0.2) is 0 Å². The molecular weight excluding hydrogens is 191 g/mol. The average Bonchev–Trinajstić information content (AvgIpc) is 2.38. The molecule has 0 atom stereocenters. The van der Waals surface area contributed by atoms with Gasteiger partial charge < -0.3 is 0 Å². The van der Waals surface area contributed by atoms with Gasteiger partial charge in [-0.1, -0.05) is 77.7 Å². The van der Waals surface area contributed by atoms with E-state index in [1.54, 1.807) is 0 Å². The van der Waals surface area contributed by atoms with Gasteiger partial charge in [0.25, 0.3) is 0 Å². The Bertz CT molecular complexity index is 394. The molecule has 0 spiro atoms. The second kappa shape index (κ2) is 5.36. The Labute approximate surface area is 97.7 Å². The van der Waals surface area contributed by atoms with Gasteiger partial charge in [-0.2, -0.15) is 0 Å². The topological polar surface area (TPSA) is 0 Å². The zero-order valence-electron chi connectivity index (χ0n) is 9.34. The van der Waals surface area contributed by atoms with Crippen molar-refractivity contribution in [3.05, 3.63) is 73.3 Å². The third kappa shape index (κ3) is 2.43. The number of rotatable bonds is 4. The Morgan fingerprint density at radius 2 is 1.25 bits per heavy atom. The standard InChI is InChI=1S/C15H15B/c1-2-13-16(14-9-5-3-6-10-14)15-11-7-4-8-12-15/h2-12H,1,13H2. The van der Waals surface area contributed by atoms with Crippen LogP contribution >= 0.6 is 0 Å². The van der Waals surface area contributed by atoms with Crippen molar-refractivity contribution in [3.63, 3.8) is 0 Å². The van der Waals surface area contributed by atoms with Gasteiger partial charge in [0, 0.05) is 0 Å². The van der Waals surface area contributed by atoms with Gasteiger partial charge in [0.1, 0.15) is 0 Å². The average molecular weight is 206 g/mol. The molecule has 0 nitrogen and oxygen atoms in total. The summed E-state index contributed by atoms with van der Waals surface area (Å²) in [4.78, 5) is 0. The minimum absolute atomic E-state index is 0.430. The van der Waals surface area contributed by atoms with Crippen LogP contribution in [0.5, 0.6) is 0 Å². The number of hydrogen-bond donors (Lipinski definition) is 0. The van der Waals surface area contributed by atoms with E-state index in [1.807, 2.05) is 6.08 Å². The van der Waals surface area contributed by atoms with Gasteiger partial charge in [-0.05, 0) is 6.32 Å². The first-order chi connectivity index (χ1) is 7.92. The quantitative estimate of drug-likeness (QED) is 0.532. The van der Waals surface area contributed by atoms with E-state index < -0.39 is 0 Å². The molecule has 0 saturated carbocycles. The monoisotopic (exact) mass is 206 g/mol. The number of allylic oxidation sites excluding steroid dienone is 1. The van der Waals surface area contributed by atoms with Crippen molar-refractivity contribution in [2.75, 3.05) is 0 Å². The smallest absolute Gasteiger partial charge is 0.104 e. The Balaban J connectivity index is 2.35. The molecular formula is C15H15B. The molecule has 1 heteroatoms. The summed E-state index contributed by atoms with van der Waals surface area (Å²) in [6.07, 6.45) is 2.97. The second-order valence-corrected chi connectivity index (χ2v) is 3.90. The fourth-order valence-electron chi connectivity index (χ4n) is 2.00. The van der Waals surface area contributed by atoms with Gasteiger partial charge in [-0.25, -0.2) is 0 Å². The van der Waals surface area contributed by atoms with E-state index >= 15 is 0 Å². The lowest BCUT2D eigenvalue weighted by molar-refractivity contribution is 1.63. The van der Waals surface area contributed by atoms with Crippen LogP contribution in [0, 0.1) is 0 Å².